The van der Waals surface area contributed by atoms with Crippen molar-refractivity contribution in [2.45, 2.75) is 70.6 Å². The van der Waals surface area contributed by atoms with E-state index in [1.54, 1.807) is 0 Å². The first kappa shape index (κ1) is 14.3. The second-order valence-corrected chi connectivity index (χ2v) is 6.49. The Labute approximate surface area is 112 Å². The lowest BCUT2D eigenvalue weighted by atomic mass is 9.90. The van der Waals surface area contributed by atoms with E-state index in [9.17, 15) is 0 Å². The predicted octanol–water partition coefficient (Wildman–Crippen LogP) is 2.41. The predicted molar refractivity (Wildman–Crippen MR) is 75.9 cm³/mol. The van der Waals surface area contributed by atoms with E-state index in [2.05, 4.69) is 31.0 Å². The zero-order valence-corrected chi connectivity index (χ0v) is 12.4. The molecule has 0 saturated carbocycles. The summed E-state index contributed by atoms with van der Waals surface area (Å²) in [6.45, 7) is 11.3. The van der Waals surface area contributed by atoms with E-state index < -0.39 is 0 Å². The average Bonchev–Trinajstić information content (AvgIpc) is 2.36. The molecule has 3 heteroatoms. The van der Waals surface area contributed by atoms with Crippen LogP contribution in [0.4, 0.5) is 0 Å². The maximum atomic E-state index is 5.87. The van der Waals surface area contributed by atoms with E-state index in [-0.39, 0.29) is 5.60 Å². The molecule has 2 fully saturated rings. The summed E-state index contributed by atoms with van der Waals surface area (Å²) in [5.74, 6) is 0. The molecular weight excluding hydrogens is 224 g/mol. The molecule has 2 rings (SSSR count). The molecular formula is C15H30N2O. The Morgan fingerprint density at radius 1 is 1.28 bits per heavy atom. The van der Waals surface area contributed by atoms with Crippen LogP contribution in [0.3, 0.4) is 0 Å². The summed E-state index contributed by atoms with van der Waals surface area (Å²) in [6, 6.07) is 1.47. The molecule has 2 saturated heterocycles. The Morgan fingerprint density at radius 3 is 2.72 bits per heavy atom. The second kappa shape index (κ2) is 6.36. The van der Waals surface area contributed by atoms with Crippen LogP contribution in [-0.2, 0) is 4.74 Å². The summed E-state index contributed by atoms with van der Waals surface area (Å²) < 4.78 is 5.87. The van der Waals surface area contributed by atoms with Crippen molar-refractivity contribution in [1.82, 2.24) is 10.2 Å². The molecule has 0 bridgehead atoms. The average molecular weight is 254 g/mol. The minimum Gasteiger partial charge on any atom is -0.375 e. The molecule has 3 nitrogen and oxygen atoms in total. The van der Waals surface area contributed by atoms with Gasteiger partial charge in [-0.2, -0.15) is 0 Å². The number of hydrogen-bond donors (Lipinski definition) is 1. The van der Waals surface area contributed by atoms with Gasteiger partial charge in [0.05, 0.1) is 5.60 Å². The van der Waals surface area contributed by atoms with Gasteiger partial charge in [0.25, 0.3) is 0 Å². The molecule has 0 spiro atoms. The van der Waals surface area contributed by atoms with E-state index in [4.69, 9.17) is 4.74 Å². The van der Waals surface area contributed by atoms with Gasteiger partial charge in [-0.05, 0) is 59.0 Å². The third kappa shape index (κ3) is 3.69. The highest BCUT2D eigenvalue weighted by atomic mass is 16.5. The van der Waals surface area contributed by atoms with Crippen molar-refractivity contribution in [2.24, 2.45) is 0 Å². The van der Waals surface area contributed by atoms with Gasteiger partial charge in [0.15, 0.2) is 0 Å². The Kier molecular flexibility index (Phi) is 5.05. The Hall–Kier alpha value is -0.120. The Bertz CT molecular complexity index is 249. The van der Waals surface area contributed by atoms with Crippen molar-refractivity contribution in [2.75, 3.05) is 26.2 Å². The third-order valence-corrected chi connectivity index (χ3v) is 4.36. The van der Waals surface area contributed by atoms with Crippen molar-refractivity contribution in [3.8, 4) is 0 Å². The van der Waals surface area contributed by atoms with Crippen molar-refractivity contribution in [1.29, 1.82) is 0 Å². The zero-order chi connectivity index (χ0) is 13.0. The summed E-state index contributed by atoms with van der Waals surface area (Å²) in [5.41, 5.74) is 0.0665. The molecule has 2 unspecified atom stereocenters. The zero-order valence-electron chi connectivity index (χ0n) is 12.4. The highest BCUT2D eigenvalue weighted by molar-refractivity contribution is 4.89. The summed E-state index contributed by atoms with van der Waals surface area (Å²) in [4.78, 5) is 2.77. The van der Waals surface area contributed by atoms with Gasteiger partial charge in [-0.1, -0.05) is 6.92 Å². The molecule has 2 aliphatic rings. The highest BCUT2D eigenvalue weighted by Crippen LogP contribution is 2.29. The van der Waals surface area contributed by atoms with Crippen molar-refractivity contribution < 1.29 is 4.74 Å². The van der Waals surface area contributed by atoms with Gasteiger partial charge in [0.2, 0.25) is 0 Å². The minimum absolute atomic E-state index is 0.0665. The van der Waals surface area contributed by atoms with Crippen LogP contribution in [0.1, 0.15) is 52.9 Å². The first-order chi connectivity index (χ1) is 8.62. The number of hydrogen-bond acceptors (Lipinski definition) is 3. The summed E-state index contributed by atoms with van der Waals surface area (Å²) in [6.07, 6.45) is 6.35. The van der Waals surface area contributed by atoms with Gasteiger partial charge < -0.3 is 10.1 Å². The van der Waals surface area contributed by atoms with Crippen LogP contribution in [0, 0.1) is 0 Å². The fourth-order valence-corrected chi connectivity index (χ4v) is 3.52. The van der Waals surface area contributed by atoms with Crippen LogP contribution >= 0.6 is 0 Å². The minimum atomic E-state index is 0.0665. The standard InChI is InChI=1S/C15H30N2O/c1-4-9-17(14-6-5-8-16-12-14)13-7-10-18-15(2,3)11-13/h13-14,16H,4-12H2,1-3H3. The summed E-state index contributed by atoms with van der Waals surface area (Å²) in [7, 11) is 0. The van der Waals surface area contributed by atoms with E-state index in [0.717, 1.165) is 18.7 Å². The van der Waals surface area contributed by atoms with E-state index in [0.29, 0.717) is 0 Å². The van der Waals surface area contributed by atoms with Crippen LogP contribution in [0.2, 0.25) is 0 Å². The lowest BCUT2D eigenvalue weighted by molar-refractivity contribution is -0.0903. The first-order valence-electron chi connectivity index (χ1n) is 7.73. The molecule has 18 heavy (non-hydrogen) atoms. The Balaban J connectivity index is 1.99. The van der Waals surface area contributed by atoms with E-state index in [1.807, 2.05) is 0 Å². The van der Waals surface area contributed by atoms with Crippen molar-refractivity contribution >= 4 is 0 Å². The molecule has 0 aliphatic carbocycles. The molecule has 2 heterocycles. The number of rotatable bonds is 4. The molecule has 2 aliphatic heterocycles. The van der Waals surface area contributed by atoms with Crippen LogP contribution in [-0.4, -0.2) is 48.8 Å². The van der Waals surface area contributed by atoms with Gasteiger partial charge >= 0.3 is 0 Å². The molecule has 2 atom stereocenters. The Morgan fingerprint density at radius 2 is 2.11 bits per heavy atom. The van der Waals surface area contributed by atoms with Crippen LogP contribution < -0.4 is 5.32 Å². The molecule has 0 aromatic carbocycles. The molecule has 0 amide bonds. The molecule has 0 radical (unpaired) electrons. The molecule has 106 valence electrons. The van der Waals surface area contributed by atoms with Crippen molar-refractivity contribution in [3.63, 3.8) is 0 Å². The monoisotopic (exact) mass is 254 g/mol. The molecule has 1 N–H and O–H groups in total. The highest BCUT2D eigenvalue weighted by Gasteiger charge is 2.34. The summed E-state index contributed by atoms with van der Waals surface area (Å²) in [5, 5.41) is 3.56. The first-order valence-corrected chi connectivity index (χ1v) is 7.73. The quantitative estimate of drug-likeness (QED) is 0.834. The van der Waals surface area contributed by atoms with Crippen LogP contribution in [0.15, 0.2) is 0 Å². The topological polar surface area (TPSA) is 24.5 Å². The van der Waals surface area contributed by atoms with Gasteiger partial charge in [-0.25, -0.2) is 0 Å². The molecule has 0 aromatic heterocycles. The van der Waals surface area contributed by atoms with Crippen LogP contribution in [0.25, 0.3) is 0 Å². The maximum Gasteiger partial charge on any atom is 0.0641 e. The van der Waals surface area contributed by atoms with Gasteiger partial charge in [0, 0.05) is 25.2 Å². The smallest absolute Gasteiger partial charge is 0.0641 e. The van der Waals surface area contributed by atoms with E-state index >= 15 is 0 Å². The fraction of sp³-hybridized carbons (Fsp3) is 1.00. The lowest BCUT2D eigenvalue weighted by Gasteiger charge is -2.45. The molecule has 0 aromatic rings. The fourth-order valence-electron chi connectivity index (χ4n) is 3.52. The normalized spacial score (nSPS) is 32.7. The van der Waals surface area contributed by atoms with Gasteiger partial charge in [-0.3, -0.25) is 4.90 Å². The largest absolute Gasteiger partial charge is 0.375 e. The summed E-state index contributed by atoms with van der Waals surface area (Å²) >= 11 is 0. The SMILES string of the molecule is CCCN(C1CCCNC1)C1CCOC(C)(C)C1. The lowest BCUT2D eigenvalue weighted by Crippen LogP contribution is -2.54. The number of ether oxygens (including phenoxy) is 1. The van der Waals surface area contributed by atoms with Gasteiger partial charge in [0.1, 0.15) is 0 Å². The van der Waals surface area contributed by atoms with E-state index in [1.165, 1.54) is 51.7 Å². The maximum absolute atomic E-state index is 5.87. The third-order valence-electron chi connectivity index (χ3n) is 4.36. The van der Waals surface area contributed by atoms with Crippen molar-refractivity contribution in [3.05, 3.63) is 0 Å². The van der Waals surface area contributed by atoms with Gasteiger partial charge in [-0.15, -0.1) is 0 Å². The number of nitrogens with one attached hydrogen (secondary N) is 1. The van der Waals surface area contributed by atoms with Crippen LogP contribution in [0.5, 0.6) is 0 Å². The number of piperidine rings is 1. The second-order valence-electron chi connectivity index (χ2n) is 6.49. The number of nitrogens with zero attached hydrogens (tertiary/aromatic N) is 1.